The third-order valence-electron chi connectivity index (χ3n) is 7.18. The van der Waals surface area contributed by atoms with E-state index in [1.165, 1.54) is 12.0 Å². The lowest BCUT2D eigenvalue weighted by Gasteiger charge is -2.50. The fraction of sp³-hybridized carbons (Fsp3) is 0.636. The Hall–Kier alpha value is -1.88. The number of carbonyl (C=O) groups is 2. The number of amides is 2. The van der Waals surface area contributed by atoms with E-state index in [2.05, 4.69) is 42.2 Å². The zero-order chi connectivity index (χ0) is 19.1. The molecule has 146 valence electrons. The van der Waals surface area contributed by atoms with Crippen molar-refractivity contribution in [3.05, 3.63) is 35.9 Å². The highest BCUT2D eigenvalue weighted by Gasteiger charge is 2.57. The van der Waals surface area contributed by atoms with Crippen LogP contribution in [0, 0.1) is 10.8 Å². The number of piperidine rings is 2. The number of carbonyl (C=O) groups excluding carboxylic acids is 2. The smallest absolute Gasteiger partial charge is 0.238 e. The third-order valence-corrected chi connectivity index (χ3v) is 7.18. The van der Waals surface area contributed by atoms with Crippen molar-refractivity contribution < 1.29 is 9.59 Å². The van der Waals surface area contributed by atoms with Gasteiger partial charge in [0.25, 0.3) is 0 Å². The highest BCUT2D eigenvalue weighted by Crippen LogP contribution is 2.49. The molecule has 3 fully saturated rings. The first kappa shape index (κ1) is 18.5. The van der Waals surface area contributed by atoms with Crippen LogP contribution in [0.3, 0.4) is 0 Å². The molecule has 1 aromatic carbocycles. The van der Waals surface area contributed by atoms with Crippen molar-refractivity contribution in [1.29, 1.82) is 0 Å². The second kappa shape index (κ2) is 6.93. The van der Waals surface area contributed by atoms with Crippen LogP contribution in [0.5, 0.6) is 0 Å². The second-order valence-corrected chi connectivity index (χ2v) is 8.88. The van der Waals surface area contributed by atoms with Crippen molar-refractivity contribution >= 4 is 11.8 Å². The summed E-state index contributed by atoms with van der Waals surface area (Å²) in [5.41, 5.74) is 6.33. The summed E-state index contributed by atoms with van der Waals surface area (Å²) in [7, 11) is 0. The molecule has 0 bridgehead atoms. The minimum Gasteiger partial charge on any atom is -0.369 e. The molecule has 3 aliphatic rings. The van der Waals surface area contributed by atoms with Gasteiger partial charge in [-0.25, -0.2) is 0 Å². The molecule has 5 nitrogen and oxygen atoms in total. The topological polar surface area (TPSA) is 66.6 Å². The Labute approximate surface area is 161 Å². The van der Waals surface area contributed by atoms with Crippen LogP contribution >= 0.6 is 0 Å². The zero-order valence-electron chi connectivity index (χ0n) is 16.3. The minimum absolute atomic E-state index is 0.0207. The molecule has 1 aliphatic carbocycles. The Balaban J connectivity index is 1.46. The van der Waals surface area contributed by atoms with Crippen molar-refractivity contribution in [2.45, 2.75) is 44.9 Å². The summed E-state index contributed by atoms with van der Waals surface area (Å²) in [5, 5.41) is 0. The lowest BCUT2D eigenvalue weighted by Crippen LogP contribution is -2.54. The molecule has 0 unspecified atom stereocenters. The molecule has 1 saturated carbocycles. The zero-order valence-corrected chi connectivity index (χ0v) is 16.3. The maximum atomic E-state index is 12.8. The maximum Gasteiger partial charge on any atom is 0.238 e. The monoisotopic (exact) mass is 369 g/mol. The van der Waals surface area contributed by atoms with Gasteiger partial charge < -0.3 is 15.5 Å². The molecule has 1 spiro atoms. The highest BCUT2D eigenvalue weighted by atomic mass is 16.2. The number of likely N-dealkylation sites (N-methyl/N-ethyl adjacent to an activating group) is 1. The van der Waals surface area contributed by atoms with E-state index in [1.54, 1.807) is 0 Å². The summed E-state index contributed by atoms with van der Waals surface area (Å²) in [5.74, 6) is 0.0990. The SMILES string of the molecule is CCN1C[C@@H](c2ccccc2)CC2(CCN(C(=O)C3(C(N)=O)CC3)CC2)C1. The van der Waals surface area contributed by atoms with E-state index < -0.39 is 11.3 Å². The summed E-state index contributed by atoms with van der Waals surface area (Å²) in [6.45, 7) is 7.06. The van der Waals surface area contributed by atoms with Gasteiger partial charge in [0.05, 0.1) is 0 Å². The molecule has 4 rings (SSSR count). The van der Waals surface area contributed by atoms with Crippen LogP contribution < -0.4 is 5.73 Å². The fourth-order valence-electron chi connectivity index (χ4n) is 5.23. The minimum atomic E-state index is -0.876. The summed E-state index contributed by atoms with van der Waals surface area (Å²) < 4.78 is 0. The van der Waals surface area contributed by atoms with Gasteiger partial charge in [-0.1, -0.05) is 37.3 Å². The Morgan fingerprint density at radius 1 is 1.11 bits per heavy atom. The van der Waals surface area contributed by atoms with Gasteiger partial charge in [-0.15, -0.1) is 0 Å². The van der Waals surface area contributed by atoms with E-state index in [4.69, 9.17) is 5.73 Å². The summed E-state index contributed by atoms with van der Waals surface area (Å²) in [6.07, 6.45) is 4.49. The lowest BCUT2D eigenvalue weighted by atomic mass is 9.68. The first-order chi connectivity index (χ1) is 13.0. The third kappa shape index (κ3) is 3.38. The molecule has 0 radical (unpaired) electrons. The van der Waals surface area contributed by atoms with Gasteiger partial charge in [-0.05, 0) is 55.5 Å². The number of nitrogens with two attached hydrogens (primary N) is 1. The quantitative estimate of drug-likeness (QED) is 0.829. The molecule has 0 aromatic heterocycles. The van der Waals surface area contributed by atoms with Crippen molar-refractivity contribution in [3.63, 3.8) is 0 Å². The molecule has 1 atom stereocenters. The number of hydrogen-bond acceptors (Lipinski definition) is 3. The molecular formula is C22H31N3O2. The van der Waals surface area contributed by atoms with Crippen molar-refractivity contribution in [2.24, 2.45) is 16.6 Å². The van der Waals surface area contributed by atoms with Gasteiger partial charge >= 0.3 is 0 Å². The predicted octanol–water partition coefficient (Wildman–Crippen LogP) is 2.37. The standard InChI is InChI=1S/C22H31N3O2/c1-2-24-15-18(17-6-4-3-5-7-17)14-21(16-24)10-12-25(13-11-21)20(27)22(8-9-22)19(23)26/h3-7,18H,2,8-16H2,1H3,(H2,23,26)/t18-/m0/s1. The van der Waals surface area contributed by atoms with E-state index in [0.29, 0.717) is 18.8 Å². The van der Waals surface area contributed by atoms with Gasteiger partial charge in [-0.3, -0.25) is 9.59 Å². The number of nitrogens with zero attached hydrogens (tertiary/aromatic N) is 2. The first-order valence-electron chi connectivity index (χ1n) is 10.3. The van der Waals surface area contributed by atoms with Crippen LogP contribution in [0.25, 0.3) is 0 Å². The molecule has 2 amide bonds. The van der Waals surface area contributed by atoms with E-state index >= 15 is 0 Å². The number of likely N-dealkylation sites (tertiary alicyclic amines) is 2. The van der Waals surface area contributed by atoms with Crippen LogP contribution in [0.15, 0.2) is 30.3 Å². The normalized spacial score (nSPS) is 26.7. The van der Waals surface area contributed by atoms with Gasteiger partial charge in [0.2, 0.25) is 11.8 Å². The number of primary amides is 1. The lowest BCUT2D eigenvalue weighted by molar-refractivity contribution is -0.145. The highest BCUT2D eigenvalue weighted by molar-refractivity contribution is 6.07. The molecule has 27 heavy (non-hydrogen) atoms. The summed E-state index contributed by atoms with van der Waals surface area (Å²) in [4.78, 5) is 29.0. The molecule has 5 heteroatoms. The van der Waals surface area contributed by atoms with Crippen LogP contribution in [0.2, 0.25) is 0 Å². The van der Waals surface area contributed by atoms with Gasteiger partial charge in [-0.2, -0.15) is 0 Å². The maximum absolute atomic E-state index is 12.8. The average molecular weight is 370 g/mol. The summed E-state index contributed by atoms with van der Waals surface area (Å²) >= 11 is 0. The van der Waals surface area contributed by atoms with Gasteiger partial charge in [0, 0.05) is 26.2 Å². The molecule has 2 aliphatic heterocycles. The molecule has 2 saturated heterocycles. The number of hydrogen-bond donors (Lipinski definition) is 1. The van der Waals surface area contributed by atoms with Crippen LogP contribution in [-0.4, -0.2) is 54.3 Å². The Morgan fingerprint density at radius 3 is 2.33 bits per heavy atom. The molecule has 2 heterocycles. The van der Waals surface area contributed by atoms with E-state index in [0.717, 1.165) is 45.6 Å². The Kier molecular flexibility index (Phi) is 4.75. The largest absolute Gasteiger partial charge is 0.369 e. The van der Waals surface area contributed by atoms with Crippen LogP contribution in [-0.2, 0) is 9.59 Å². The number of benzene rings is 1. The number of rotatable bonds is 4. The van der Waals surface area contributed by atoms with E-state index in [-0.39, 0.29) is 11.3 Å². The Morgan fingerprint density at radius 2 is 1.78 bits per heavy atom. The van der Waals surface area contributed by atoms with Gasteiger partial charge in [0.15, 0.2) is 0 Å². The summed E-state index contributed by atoms with van der Waals surface area (Å²) in [6, 6.07) is 10.8. The van der Waals surface area contributed by atoms with Crippen molar-refractivity contribution in [3.8, 4) is 0 Å². The van der Waals surface area contributed by atoms with Gasteiger partial charge in [0.1, 0.15) is 5.41 Å². The van der Waals surface area contributed by atoms with E-state index in [9.17, 15) is 9.59 Å². The second-order valence-electron chi connectivity index (χ2n) is 8.88. The van der Waals surface area contributed by atoms with Crippen LogP contribution in [0.1, 0.15) is 50.5 Å². The van der Waals surface area contributed by atoms with E-state index in [1.807, 2.05) is 4.90 Å². The average Bonchev–Trinajstić information content (AvgIpc) is 3.50. The molecular weight excluding hydrogens is 338 g/mol. The molecule has 2 N–H and O–H groups in total. The fourth-order valence-corrected chi connectivity index (χ4v) is 5.23. The predicted molar refractivity (Wildman–Crippen MR) is 105 cm³/mol. The van der Waals surface area contributed by atoms with Crippen molar-refractivity contribution in [1.82, 2.24) is 9.80 Å². The van der Waals surface area contributed by atoms with Crippen LogP contribution in [0.4, 0.5) is 0 Å². The van der Waals surface area contributed by atoms with Crippen molar-refractivity contribution in [2.75, 3.05) is 32.7 Å². The Bertz CT molecular complexity index is 706. The molecule has 1 aromatic rings. The first-order valence-corrected chi connectivity index (χ1v) is 10.3.